The summed E-state index contributed by atoms with van der Waals surface area (Å²) >= 11 is 5.28. The Morgan fingerprint density at radius 1 is 1.15 bits per heavy atom. The third kappa shape index (κ3) is 3.40. The van der Waals surface area contributed by atoms with Crippen molar-refractivity contribution in [2.75, 3.05) is 42.6 Å². The topological polar surface area (TPSA) is 44.8 Å². The Morgan fingerprint density at radius 3 is 2.56 bits per heavy atom. The summed E-state index contributed by atoms with van der Waals surface area (Å²) in [5.41, 5.74) is 4.12. The summed E-state index contributed by atoms with van der Waals surface area (Å²) in [6.45, 7) is 4.98. The van der Waals surface area contributed by atoms with Gasteiger partial charge in [-0.1, -0.05) is 18.2 Å². The van der Waals surface area contributed by atoms with Gasteiger partial charge in [0, 0.05) is 35.6 Å². The van der Waals surface area contributed by atoms with Crippen molar-refractivity contribution in [3.63, 3.8) is 0 Å². The molecular formula is C20H20FN3O2S. The van der Waals surface area contributed by atoms with E-state index >= 15 is 0 Å². The number of ether oxygens (including phenoxy) is 1. The quantitative estimate of drug-likeness (QED) is 0.824. The summed E-state index contributed by atoms with van der Waals surface area (Å²) in [7, 11) is 0. The fourth-order valence-electron chi connectivity index (χ4n) is 3.66. The molecule has 2 aromatic carbocycles. The van der Waals surface area contributed by atoms with E-state index in [-0.39, 0.29) is 18.3 Å². The monoisotopic (exact) mass is 385 g/mol. The highest BCUT2D eigenvalue weighted by Crippen LogP contribution is 2.39. The van der Waals surface area contributed by atoms with Crippen molar-refractivity contribution in [3.8, 4) is 11.1 Å². The van der Waals surface area contributed by atoms with Gasteiger partial charge in [0.1, 0.15) is 12.4 Å². The van der Waals surface area contributed by atoms with Gasteiger partial charge < -0.3 is 19.9 Å². The number of hydrogen-bond donors (Lipinski definition) is 1. The van der Waals surface area contributed by atoms with E-state index in [9.17, 15) is 9.18 Å². The molecule has 0 aliphatic carbocycles. The van der Waals surface area contributed by atoms with Crippen molar-refractivity contribution in [1.82, 2.24) is 5.32 Å². The normalized spacial score (nSPS) is 17.4. The van der Waals surface area contributed by atoms with Crippen LogP contribution >= 0.6 is 12.2 Å². The summed E-state index contributed by atoms with van der Waals surface area (Å²) in [5, 5.41) is 3.02. The molecule has 1 amide bonds. The standard InChI is InChI=1S/C20H20FN3O2S/c1-13-10-14(24-12-18(25)22-20(24)27)11-16(15-4-2-3-5-17(15)21)19(13)23-6-8-26-9-7-23/h2-5,10-11H,6-9,12H2,1H3,(H,22,25,27). The second-order valence-corrected chi connectivity index (χ2v) is 7.06. The van der Waals surface area contributed by atoms with Gasteiger partial charge in [-0.2, -0.15) is 0 Å². The van der Waals surface area contributed by atoms with Gasteiger partial charge in [-0.3, -0.25) is 4.79 Å². The molecule has 1 N–H and O–H groups in total. The van der Waals surface area contributed by atoms with E-state index < -0.39 is 0 Å². The van der Waals surface area contributed by atoms with Crippen LogP contribution in [0.25, 0.3) is 11.1 Å². The highest BCUT2D eigenvalue weighted by molar-refractivity contribution is 7.80. The van der Waals surface area contributed by atoms with Crippen molar-refractivity contribution in [2.45, 2.75) is 6.92 Å². The van der Waals surface area contributed by atoms with Crippen molar-refractivity contribution in [1.29, 1.82) is 0 Å². The van der Waals surface area contributed by atoms with Gasteiger partial charge in [-0.25, -0.2) is 4.39 Å². The van der Waals surface area contributed by atoms with E-state index in [0.717, 1.165) is 35.6 Å². The predicted octanol–water partition coefficient (Wildman–Crippen LogP) is 2.86. The first-order valence-electron chi connectivity index (χ1n) is 8.88. The minimum absolute atomic E-state index is 0.137. The van der Waals surface area contributed by atoms with Crippen LogP contribution in [0.5, 0.6) is 0 Å². The summed E-state index contributed by atoms with van der Waals surface area (Å²) in [6.07, 6.45) is 0. The third-order valence-electron chi connectivity index (χ3n) is 4.88. The molecule has 2 aromatic rings. The molecule has 0 spiro atoms. The van der Waals surface area contributed by atoms with Crippen molar-refractivity contribution in [2.24, 2.45) is 0 Å². The van der Waals surface area contributed by atoms with Crippen LogP contribution < -0.4 is 15.1 Å². The number of benzene rings is 2. The molecule has 4 rings (SSSR count). The lowest BCUT2D eigenvalue weighted by Crippen LogP contribution is -2.37. The Balaban J connectivity index is 1.87. The highest BCUT2D eigenvalue weighted by atomic mass is 32.1. The molecule has 0 atom stereocenters. The SMILES string of the molecule is Cc1cc(N2CC(=O)NC2=S)cc(-c2ccccc2F)c1N1CCOCC1. The first-order valence-corrected chi connectivity index (χ1v) is 9.29. The molecule has 140 valence electrons. The van der Waals surface area contributed by atoms with Gasteiger partial charge in [0.25, 0.3) is 0 Å². The van der Waals surface area contributed by atoms with Crippen molar-refractivity contribution in [3.05, 3.63) is 47.8 Å². The molecule has 7 heteroatoms. The molecule has 2 aliphatic heterocycles. The fourth-order valence-corrected chi connectivity index (χ4v) is 3.94. The van der Waals surface area contributed by atoms with Crippen LogP contribution in [0.3, 0.4) is 0 Å². The van der Waals surface area contributed by atoms with E-state index in [4.69, 9.17) is 17.0 Å². The average molecular weight is 385 g/mol. The largest absolute Gasteiger partial charge is 0.378 e. The zero-order valence-corrected chi connectivity index (χ0v) is 15.8. The number of nitrogens with zero attached hydrogens (tertiary/aromatic N) is 2. The summed E-state index contributed by atoms with van der Waals surface area (Å²) in [6, 6.07) is 10.7. The van der Waals surface area contributed by atoms with E-state index in [0.29, 0.717) is 23.9 Å². The Morgan fingerprint density at radius 2 is 1.89 bits per heavy atom. The van der Waals surface area contributed by atoms with Crippen LogP contribution in [0.1, 0.15) is 5.56 Å². The Labute approximate surface area is 162 Å². The lowest BCUT2D eigenvalue weighted by molar-refractivity contribution is -0.117. The maximum absolute atomic E-state index is 14.7. The van der Waals surface area contributed by atoms with Crippen LogP contribution in [-0.2, 0) is 9.53 Å². The van der Waals surface area contributed by atoms with Crippen molar-refractivity contribution < 1.29 is 13.9 Å². The fraction of sp³-hybridized carbons (Fsp3) is 0.300. The Bertz CT molecular complexity index is 912. The van der Waals surface area contributed by atoms with Crippen LogP contribution in [0.15, 0.2) is 36.4 Å². The number of carbonyl (C=O) groups excluding carboxylic acids is 1. The molecule has 0 aromatic heterocycles. The van der Waals surface area contributed by atoms with Crippen LogP contribution in [0, 0.1) is 12.7 Å². The lowest BCUT2D eigenvalue weighted by Gasteiger charge is -2.33. The number of aryl methyl sites for hydroxylation is 1. The summed E-state index contributed by atoms with van der Waals surface area (Å²) < 4.78 is 20.1. The highest BCUT2D eigenvalue weighted by Gasteiger charge is 2.27. The minimum atomic E-state index is -0.276. The van der Waals surface area contributed by atoms with E-state index in [1.165, 1.54) is 6.07 Å². The molecule has 0 bridgehead atoms. The smallest absolute Gasteiger partial charge is 0.246 e. The third-order valence-corrected chi connectivity index (χ3v) is 5.20. The zero-order valence-electron chi connectivity index (χ0n) is 15.0. The van der Waals surface area contributed by atoms with Gasteiger partial charge in [-0.05, 0) is 42.9 Å². The Kier molecular flexibility index (Phi) is 4.80. The molecule has 0 radical (unpaired) electrons. The predicted molar refractivity (Wildman–Crippen MR) is 108 cm³/mol. The molecule has 2 fully saturated rings. The maximum Gasteiger partial charge on any atom is 0.246 e. The lowest BCUT2D eigenvalue weighted by atomic mass is 9.97. The first kappa shape index (κ1) is 17.9. The number of anilines is 2. The number of morpholine rings is 1. The van der Waals surface area contributed by atoms with Crippen LogP contribution in [0.2, 0.25) is 0 Å². The van der Waals surface area contributed by atoms with Gasteiger partial charge in [0.2, 0.25) is 5.91 Å². The van der Waals surface area contributed by atoms with Crippen LogP contribution in [-0.4, -0.2) is 43.9 Å². The van der Waals surface area contributed by atoms with E-state index in [2.05, 4.69) is 10.2 Å². The molecule has 2 aliphatic rings. The molecular weight excluding hydrogens is 365 g/mol. The second kappa shape index (κ2) is 7.25. The van der Waals surface area contributed by atoms with Gasteiger partial charge in [0.15, 0.2) is 5.11 Å². The number of halogens is 1. The minimum Gasteiger partial charge on any atom is -0.378 e. The summed E-state index contributed by atoms with van der Waals surface area (Å²) in [4.78, 5) is 15.7. The number of carbonyl (C=O) groups is 1. The number of thiocarbonyl (C=S) groups is 1. The van der Waals surface area contributed by atoms with Crippen LogP contribution in [0.4, 0.5) is 15.8 Å². The molecule has 0 saturated carbocycles. The first-order chi connectivity index (χ1) is 13.0. The average Bonchev–Trinajstić information content (AvgIpc) is 3.00. The molecule has 2 heterocycles. The van der Waals surface area contributed by atoms with E-state index in [1.54, 1.807) is 17.0 Å². The maximum atomic E-state index is 14.7. The molecule has 27 heavy (non-hydrogen) atoms. The van der Waals surface area contributed by atoms with Gasteiger partial charge >= 0.3 is 0 Å². The number of rotatable bonds is 3. The molecule has 0 unspecified atom stereocenters. The number of amides is 1. The molecule has 2 saturated heterocycles. The van der Waals surface area contributed by atoms with Gasteiger partial charge in [0.05, 0.1) is 13.2 Å². The Hall–Kier alpha value is -2.51. The van der Waals surface area contributed by atoms with E-state index in [1.807, 2.05) is 25.1 Å². The number of nitrogens with one attached hydrogen (secondary N) is 1. The molecule has 5 nitrogen and oxygen atoms in total. The second-order valence-electron chi connectivity index (χ2n) is 6.68. The summed E-state index contributed by atoms with van der Waals surface area (Å²) in [5.74, 6) is -0.413. The van der Waals surface area contributed by atoms with Crippen molar-refractivity contribution >= 4 is 34.6 Å². The zero-order chi connectivity index (χ0) is 19.0. The number of hydrogen-bond acceptors (Lipinski definition) is 4. The van der Waals surface area contributed by atoms with Gasteiger partial charge in [-0.15, -0.1) is 0 Å².